The van der Waals surface area contributed by atoms with Crippen LogP contribution in [-0.4, -0.2) is 58.1 Å². The molecule has 8 unspecified atom stereocenters. The lowest BCUT2D eigenvalue weighted by molar-refractivity contribution is -0.123. The summed E-state index contributed by atoms with van der Waals surface area (Å²) >= 11 is 6.00. The number of benzene rings is 2. The Hall–Kier alpha value is -6.21. The van der Waals surface area contributed by atoms with Crippen molar-refractivity contribution in [2.45, 2.75) is 44.2 Å². The maximum absolute atomic E-state index is 12.1. The third-order valence-corrected chi connectivity index (χ3v) is 12.2. The summed E-state index contributed by atoms with van der Waals surface area (Å²) in [6.45, 7) is 0. The number of carbonyl (C=O) groups excluding carboxylic acids is 2. The molecule has 8 atom stereocenters. The van der Waals surface area contributed by atoms with E-state index in [0.717, 1.165) is 82.6 Å². The van der Waals surface area contributed by atoms with Crippen molar-refractivity contribution in [2.24, 2.45) is 47.0 Å². The van der Waals surface area contributed by atoms with Gasteiger partial charge in [-0.05, 0) is 77.9 Å². The molecule has 59 heavy (non-hydrogen) atoms. The molecule has 2 saturated carbocycles. The number of amides is 2. The fourth-order valence-corrected chi connectivity index (χ4v) is 9.51. The highest BCUT2D eigenvalue weighted by molar-refractivity contribution is 6.28. The zero-order valence-corrected chi connectivity index (χ0v) is 33.7. The number of ether oxygens (including phenoxy) is 2. The van der Waals surface area contributed by atoms with Crippen LogP contribution in [0.2, 0.25) is 5.28 Å². The number of carbonyl (C=O) groups is 2. The number of anilines is 3. The zero-order chi connectivity index (χ0) is 41.2. The summed E-state index contributed by atoms with van der Waals surface area (Å²) in [5.74, 6) is 4.13. The quantitative estimate of drug-likeness (QED) is 0.0735. The molecule has 10 rings (SSSR count). The van der Waals surface area contributed by atoms with Gasteiger partial charge in [0.15, 0.2) is 0 Å². The van der Waals surface area contributed by atoms with Gasteiger partial charge < -0.3 is 37.3 Å². The molecule has 2 amide bonds. The number of aromatic nitrogens is 4. The Morgan fingerprint density at radius 3 is 1.78 bits per heavy atom. The number of halogens is 1. The van der Waals surface area contributed by atoms with Crippen molar-refractivity contribution in [3.8, 4) is 11.5 Å². The molecule has 8 N–H and O–H groups in total. The molecule has 2 fully saturated rings. The molecule has 6 aliphatic rings. The van der Waals surface area contributed by atoms with Gasteiger partial charge in [0.05, 0.1) is 37.4 Å². The Bertz CT molecular complexity index is 2380. The minimum absolute atomic E-state index is 0.0124. The number of nitrogens with zero attached hydrogens (tertiary/aromatic N) is 4. The van der Waals surface area contributed by atoms with E-state index in [1.54, 1.807) is 20.3 Å². The number of allylic oxidation sites excluding steroid dienone is 4. The molecular formula is C45H48ClN9O4. The summed E-state index contributed by atoms with van der Waals surface area (Å²) in [5.41, 5.74) is 22.5. The Morgan fingerprint density at radius 1 is 0.712 bits per heavy atom. The van der Waals surface area contributed by atoms with Crippen LogP contribution in [0.25, 0.3) is 12.2 Å². The van der Waals surface area contributed by atoms with Crippen LogP contribution < -0.4 is 37.3 Å². The summed E-state index contributed by atoms with van der Waals surface area (Å²) < 4.78 is 10.2. The number of hydrogen-bond donors (Lipinski definition) is 5. The number of nitrogens with two attached hydrogens (primary N) is 3. The molecule has 0 aliphatic heterocycles. The molecule has 4 aromatic rings. The summed E-state index contributed by atoms with van der Waals surface area (Å²) in [4.78, 5) is 42.0. The van der Waals surface area contributed by atoms with E-state index in [2.05, 4.69) is 57.1 Å². The smallest absolute Gasteiger partial charge is 0.224 e. The van der Waals surface area contributed by atoms with Crippen molar-refractivity contribution < 1.29 is 19.1 Å². The maximum Gasteiger partial charge on any atom is 0.224 e. The molecule has 0 spiro atoms. The van der Waals surface area contributed by atoms with Gasteiger partial charge in [-0.3, -0.25) is 9.59 Å². The van der Waals surface area contributed by atoms with Gasteiger partial charge in [-0.1, -0.05) is 66.8 Å². The lowest BCUT2D eigenvalue weighted by atomic mass is 9.88. The van der Waals surface area contributed by atoms with E-state index >= 15 is 0 Å². The van der Waals surface area contributed by atoms with Crippen LogP contribution in [0, 0.1) is 35.5 Å². The Morgan fingerprint density at radius 2 is 1.24 bits per heavy atom. The van der Waals surface area contributed by atoms with E-state index < -0.39 is 0 Å². The number of methoxy groups -OCH3 is 2. The number of fused-ring (bicyclic) bond motifs is 6. The molecular weight excluding hydrogens is 766 g/mol. The fraction of sp³-hybridized carbons (Fsp3) is 0.333. The highest BCUT2D eigenvalue weighted by Crippen LogP contribution is 2.46. The van der Waals surface area contributed by atoms with Gasteiger partial charge in [-0.15, -0.1) is 0 Å². The maximum atomic E-state index is 12.1. The van der Waals surface area contributed by atoms with E-state index in [4.69, 9.17) is 48.2 Å². The summed E-state index contributed by atoms with van der Waals surface area (Å²) in [5, 5.41) is 7.21. The predicted molar refractivity (Wildman–Crippen MR) is 229 cm³/mol. The summed E-state index contributed by atoms with van der Waals surface area (Å²) in [7, 11) is 3.28. The van der Waals surface area contributed by atoms with Crippen LogP contribution in [0.3, 0.4) is 0 Å². The van der Waals surface area contributed by atoms with Gasteiger partial charge in [0.2, 0.25) is 17.1 Å². The van der Waals surface area contributed by atoms with Crippen molar-refractivity contribution in [1.29, 1.82) is 0 Å². The Balaban J connectivity index is 0.000000140. The van der Waals surface area contributed by atoms with Gasteiger partial charge in [-0.25, -0.2) is 19.9 Å². The van der Waals surface area contributed by atoms with Crippen LogP contribution in [0.1, 0.15) is 46.7 Å². The summed E-state index contributed by atoms with van der Waals surface area (Å²) in [6.07, 6.45) is 21.0. The van der Waals surface area contributed by atoms with E-state index in [9.17, 15) is 9.59 Å². The molecule has 6 aliphatic carbocycles. The molecule has 13 nitrogen and oxygen atoms in total. The zero-order valence-electron chi connectivity index (χ0n) is 32.9. The first kappa shape index (κ1) is 39.6. The van der Waals surface area contributed by atoms with Crippen LogP contribution in [0.15, 0.2) is 85.0 Å². The lowest BCUT2D eigenvalue weighted by Crippen LogP contribution is -2.41. The highest BCUT2D eigenvalue weighted by atomic mass is 35.5. The molecule has 2 aromatic carbocycles. The third kappa shape index (κ3) is 8.38. The molecule has 304 valence electrons. The monoisotopic (exact) mass is 813 g/mol. The second-order valence-electron chi connectivity index (χ2n) is 15.7. The first-order valence-electron chi connectivity index (χ1n) is 19.9. The average molecular weight is 814 g/mol. The Labute approximate surface area is 348 Å². The molecule has 4 bridgehead atoms. The number of rotatable bonds is 10. The van der Waals surface area contributed by atoms with E-state index in [-0.39, 0.29) is 52.9 Å². The van der Waals surface area contributed by atoms with Gasteiger partial charge in [0, 0.05) is 54.2 Å². The topological polar surface area (TPSA) is 206 Å². The van der Waals surface area contributed by atoms with Crippen LogP contribution in [0.4, 0.5) is 17.3 Å². The Kier molecular flexibility index (Phi) is 11.4. The standard InChI is InChI=1S/C23H24N4O2.C15H15ClN4O.C7H9NO/c1-29-16-5-2-4-13(10-16)11-19-25-18-7-3-6-17(18)23(26-19)27-21-15-9-8-14(12-15)20(21)22(24)28;16-15-18-10-3-1-2-9(10)14(20-15)19-12-8-5-4-7(6-8)11(12)13(17)21;1-9-7-4-2-3-6(8)5-7/h2-6,8-10,14-15,20-21H,7,11-12H2,1H3,(H2,24,28)(H,25,26,27);1-2,4-5,7-8,11-12H,3,6H2,(H2,17,21)(H,18,19,20);2-5H,8H2,1H3. The highest BCUT2D eigenvalue weighted by Gasteiger charge is 2.49. The average Bonchev–Trinajstić information content (AvgIpc) is 4.09. The minimum atomic E-state index is -0.253. The van der Waals surface area contributed by atoms with Crippen molar-refractivity contribution in [3.63, 3.8) is 0 Å². The van der Waals surface area contributed by atoms with Gasteiger partial charge in [-0.2, -0.15) is 0 Å². The normalized spacial score (nSPS) is 25.4. The molecule has 0 saturated heterocycles. The van der Waals surface area contributed by atoms with Crippen LogP contribution in [-0.2, 0) is 28.9 Å². The van der Waals surface area contributed by atoms with E-state index in [0.29, 0.717) is 24.1 Å². The molecule has 14 heteroatoms. The number of nitrogen functional groups attached to an aromatic ring is 1. The third-order valence-electron chi connectivity index (χ3n) is 12.0. The molecule has 0 radical (unpaired) electrons. The largest absolute Gasteiger partial charge is 0.497 e. The number of hydrogen-bond acceptors (Lipinski definition) is 11. The molecule has 2 aromatic heterocycles. The van der Waals surface area contributed by atoms with Crippen LogP contribution >= 0.6 is 11.6 Å². The lowest BCUT2D eigenvalue weighted by Gasteiger charge is -2.28. The van der Waals surface area contributed by atoms with Gasteiger partial charge in [0.25, 0.3) is 0 Å². The first-order chi connectivity index (χ1) is 28.6. The van der Waals surface area contributed by atoms with Crippen molar-refractivity contribution >= 4 is 52.9 Å². The van der Waals surface area contributed by atoms with Crippen molar-refractivity contribution in [2.75, 3.05) is 30.6 Å². The van der Waals surface area contributed by atoms with Crippen molar-refractivity contribution in [1.82, 2.24) is 19.9 Å². The first-order valence-corrected chi connectivity index (χ1v) is 20.3. The molecule has 2 heterocycles. The summed E-state index contributed by atoms with van der Waals surface area (Å²) in [6, 6.07) is 15.2. The second kappa shape index (κ2) is 16.9. The van der Waals surface area contributed by atoms with Crippen molar-refractivity contribution in [3.05, 3.63) is 124 Å². The number of primary amides is 2. The van der Waals surface area contributed by atoms with Gasteiger partial charge >= 0.3 is 0 Å². The second-order valence-corrected chi connectivity index (χ2v) is 16.0. The fourth-order valence-electron chi connectivity index (χ4n) is 9.33. The number of nitrogens with one attached hydrogen (secondary N) is 2. The van der Waals surface area contributed by atoms with E-state index in [1.165, 1.54) is 0 Å². The van der Waals surface area contributed by atoms with Crippen LogP contribution in [0.5, 0.6) is 11.5 Å². The predicted octanol–water partition coefficient (Wildman–Crippen LogP) is 5.80. The minimum Gasteiger partial charge on any atom is -0.497 e. The van der Waals surface area contributed by atoms with E-state index in [1.807, 2.05) is 54.6 Å². The van der Waals surface area contributed by atoms with Gasteiger partial charge in [0.1, 0.15) is 29.0 Å². The SMILES string of the molecule is COc1cccc(Cc2nc3c(c(NC4C5C=CC(C5)C4C(N)=O)n2)C=CC3)c1.COc1cccc(N)c1.NC(=O)C1C2C=CC(C2)C1Nc1nc(Cl)nc2c1C=CC2.